The molecular weight excluding hydrogens is 338 g/mol. The number of fused-ring (bicyclic) bond motifs is 1. The van der Waals surface area contributed by atoms with E-state index in [-0.39, 0.29) is 24.6 Å². The molecule has 1 aromatic carbocycles. The number of nitrogens with zero attached hydrogens (tertiary/aromatic N) is 2. The van der Waals surface area contributed by atoms with Crippen molar-refractivity contribution in [3.63, 3.8) is 0 Å². The van der Waals surface area contributed by atoms with Gasteiger partial charge >= 0.3 is 0 Å². The first-order valence-corrected chi connectivity index (χ1v) is 9.12. The number of carbonyl (C=O) groups excluding carboxylic acids is 2. The second-order valence-corrected chi connectivity index (χ2v) is 7.77. The third-order valence-corrected chi connectivity index (χ3v) is 6.11. The molecule has 4 N–H and O–H groups in total. The Bertz CT molecular complexity index is 668. The van der Waals surface area contributed by atoms with Crippen LogP contribution in [-0.4, -0.2) is 62.4 Å². The third kappa shape index (κ3) is 3.19. The van der Waals surface area contributed by atoms with Gasteiger partial charge < -0.3 is 9.64 Å². The molecule has 0 aliphatic carbocycles. The summed E-state index contributed by atoms with van der Waals surface area (Å²) in [6, 6.07) is 4.50. The molecule has 0 spiro atoms. The molecular formula is C14H19N3O6S. The van der Waals surface area contributed by atoms with Gasteiger partial charge in [-0.3, -0.25) is 23.9 Å². The molecule has 24 heavy (non-hydrogen) atoms. The molecule has 0 unspecified atom stereocenters. The third-order valence-electron chi connectivity index (χ3n) is 4.08. The van der Waals surface area contributed by atoms with E-state index >= 15 is 0 Å². The summed E-state index contributed by atoms with van der Waals surface area (Å²) in [6.45, 7) is 1.01. The van der Waals surface area contributed by atoms with E-state index in [0.29, 0.717) is 36.7 Å². The van der Waals surface area contributed by atoms with Crippen molar-refractivity contribution in [2.75, 3.05) is 36.9 Å². The number of ether oxygens (including phenoxy) is 1. The minimum atomic E-state index is -2.74. The molecule has 2 heterocycles. The summed E-state index contributed by atoms with van der Waals surface area (Å²) in [5.74, 6) is -0.164. The van der Waals surface area contributed by atoms with E-state index in [9.17, 15) is 18.7 Å². The SMILES string of the molecule is O=C(NO)c1ccc2c(c1)N(CCN1CCCS1(O)O)C(=O)CO2. The van der Waals surface area contributed by atoms with Crippen molar-refractivity contribution in [1.82, 2.24) is 9.79 Å². The average Bonchev–Trinajstić information content (AvgIpc) is 2.91. The quantitative estimate of drug-likeness (QED) is 0.466. The highest BCUT2D eigenvalue weighted by Crippen LogP contribution is 2.48. The minimum Gasteiger partial charge on any atom is -0.482 e. The van der Waals surface area contributed by atoms with Gasteiger partial charge in [-0.05, 0) is 24.6 Å². The number of rotatable bonds is 4. The number of hydrogen-bond donors (Lipinski definition) is 4. The van der Waals surface area contributed by atoms with Crippen LogP contribution >= 0.6 is 10.8 Å². The van der Waals surface area contributed by atoms with Crippen molar-refractivity contribution in [2.24, 2.45) is 0 Å². The van der Waals surface area contributed by atoms with Gasteiger partial charge in [-0.1, -0.05) is 0 Å². The molecule has 0 atom stereocenters. The Hall–Kier alpha value is -1.85. The van der Waals surface area contributed by atoms with Crippen LogP contribution in [0.5, 0.6) is 5.75 Å². The Balaban J connectivity index is 1.81. The molecule has 0 saturated carbocycles. The van der Waals surface area contributed by atoms with Crippen LogP contribution in [-0.2, 0) is 4.79 Å². The second kappa shape index (κ2) is 6.57. The minimum absolute atomic E-state index is 0.116. The highest BCUT2D eigenvalue weighted by molar-refractivity contribution is 8.22. The first kappa shape index (κ1) is 17.0. The van der Waals surface area contributed by atoms with Crippen molar-refractivity contribution in [1.29, 1.82) is 0 Å². The van der Waals surface area contributed by atoms with Gasteiger partial charge in [0.1, 0.15) is 5.75 Å². The zero-order valence-corrected chi connectivity index (χ0v) is 13.7. The van der Waals surface area contributed by atoms with Crippen LogP contribution in [0.2, 0.25) is 0 Å². The van der Waals surface area contributed by atoms with Crippen molar-refractivity contribution in [3.8, 4) is 5.75 Å². The van der Waals surface area contributed by atoms with Crippen molar-refractivity contribution >= 4 is 28.3 Å². The number of amides is 2. The molecule has 0 aromatic heterocycles. The van der Waals surface area contributed by atoms with Crippen LogP contribution < -0.4 is 15.1 Å². The highest BCUT2D eigenvalue weighted by atomic mass is 32.3. The fraction of sp³-hybridized carbons (Fsp3) is 0.429. The van der Waals surface area contributed by atoms with Crippen LogP contribution in [0.25, 0.3) is 0 Å². The molecule has 1 saturated heterocycles. The normalized spacial score (nSPS) is 21.1. The second-order valence-electron chi connectivity index (χ2n) is 5.58. The summed E-state index contributed by atoms with van der Waals surface area (Å²) in [6.07, 6.45) is 0.705. The van der Waals surface area contributed by atoms with E-state index in [2.05, 4.69) is 0 Å². The standard InChI is InChI=1S/C14H19N3O6S/c18-13-9-23-12-3-2-10(14(19)15-20)8-11(12)17(13)6-5-16-4-1-7-24(16,21)22/h2-3,8,20-22H,1,4-7,9H2,(H,15,19). The number of carbonyl (C=O) groups is 2. The van der Waals surface area contributed by atoms with Gasteiger partial charge in [0.2, 0.25) is 0 Å². The Morgan fingerprint density at radius 3 is 2.79 bits per heavy atom. The van der Waals surface area contributed by atoms with E-state index in [1.165, 1.54) is 17.0 Å². The van der Waals surface area contributed by atoms with Crippen molar-refractivity contribution < 1.29 is 28.6 Å². The summed E-state index contributed by atoms with van der Waals surface area (Å²) >= 11 is 0. The maximum atomic E-state index is 12.2. The molecule has 132 valence electrons. The van der Waals surface area contributed by atoms with Gasteiger partial charge in [-0.15, -0.1) is 10.8 Å². The van der Waals surface area contributed by atoms with Crippen LogP contribution in [0.1, 0.15) is 16.8 Å². The summed E-state index contributed by atoms with van der Waals surface area (Å²) in [5, 5.41) is 8.74. The van der Waals surface area contributed by atoms with Crippen LogP contribution in [0, 0.1) is 0 Å². The number of hydrogen-bond acceptors (Lipinski definition) is 7. The van der Waals surface area contributed by atoms with Crippen LogP contribution in [0.3, 0.4) is 0 Å². The van der Waals surface area contributed by atoms with Gasteiger partial charge in [-0.2, -0.15) is 0 Å². The Morgan fingerprint density at radius 1 is 1.33 bits per heavy atom. The molecule has 0 bridgehead atoms. The Morgan fingerprint density at radius 2 is 2.12 bits per heavy atom. The largest absolute Gasteiger partial charge is 0.482 e. The molecule has 2 aliphatic heterocycles. The average molecular weight is 357 g/mol. The summed E-state index contributed by atoms with van der Waals surface area (Å²) in [5.41, 5.74) is 2.15. The Kier molecular flexibility index (Phi) is 4.65. The number of nitrogens with one attached hydrogen (secondary N) is 1. The Labute approximate surface area is 140 Å². The predicted octanol–water partition coefficient (Wildman–Crippen LogP) is 0.902. The molecule has 2 aliphatic rings. The topological polar surface area (TPSA) is 123 Å². The lowest BCUT2D eigenvalue weighted by molar-refractivity contribution is -0.121. The van der Waals surface area contributed by atoms with E-state index in [1.807, 2.05) is 0 Å². The smallest absolute Gasteiger partial charge is 0.274 e. The maximum absolute atomic E-state index is 12.2. The van der Waals surface area contributed by atoms with Crippen molar-refractivity contribution in [3.05, 3.63) is 23.8 Å². The first-order valence-electron chi connectivity index (χ1n) is 7.45. The van der Waals surface area contributed by atoms with Gasteiger partial charge in [0.15, 0.2) is 6.61 Å². The lowest BCUT2D eigenvalue weighted by Gasteiger charge is -2.38. The fourth-order valence-electron chi connectivity index (χ4n) is 2.83. The van der Waals surface area contributed by atoms with Gasteiger partial charge in [0.25, 0.3) is 11.8 Å². The lowest BCUT2D eigenvalue weighted by atomic mass is 10.1. The molecule has 1 aromatic rings. The van der Waals surface area contributed by atoms with Gasteiger partial charge in [0, 0.05) is 25.2 Å². The number of anilines is 1. The fourth-order valence-corrected chi connectivity index (χ4v) is 4.40. The summed E-state index contributed by atoms with van der Waals surface area (Å²) in [7, 11) is -2.74. The highest BCUT2D eigenvalue weighted by Gasteiger charge is 2.31. The molecule has 9 nitrogen and oxygen atoms in total. The monoisotopic (exact) mass is 357 g/mol. The molecule has 10 heteroatoms. The number of benzene rings is 1. The van der Waals surface area contributed by atoms with E-state index in [4.69, 9.17) is 9.94 Å². The van der Waals surface area contributed by atoms with Gasteiger partial charge in [0.05, 0.1) is 11.4 Å². The maximum Gasteiger partial charge on any atom is 0.274 e. The lowest BCUT2D eigenvalue weighted by Crippen LogP contribution is -2.43. The van der Waals surface area contributed by atoms with Crippen LogP contribution in [0.15, 0.2) is 18.2 Å². The molecule has 0 radical (unpaired) electrons. The van der Waals surface area contributed by atoms with Crippen molar-refractivity contribution in [2.45, 2.75) is 6.42 Å². The molecule has 2 amide bonds. The molecule has 3 rings (SSSR count). The predicted molar refractivity (Wildman–Crippen MR) is 87.4 cm³/mol. The summed E-state index contributed by atoms with van der Waals surface area (Å²) < 4.78 is 26.8. The summed E-state index contributed by atoms with van der Waals surface area (Å²) in [4.78, 5) is 25.2. The zero-order chi connectivity index (χ0) is 17.3. The van der Waals surface area contributed by atoms with E-state index in [0.717, 1.165) is 0 Å². The molecule has 1 fully saturated rings. The first-order chi connectivity index (χ1) is 11.4. The van der Waals surface area contributed by atoms with E-state index < -0.39 is 16.7 Å². The number of hydroxylamine groups is 1. The van der Waals surface area contributed by atoms with Gasteiger partial charge in [-0.25, -0.2) is 9.79 Å². The van der Waals surface area contributed by atoms with E-state index in [1.54, 1.807) is 15.9 Å². The zero-order valence-electron chi connectivity index (χ0n) is 12.8. The van der Waals surface area contributed by atoms with Crippen LogP contribution in [0.4, 0.5) is 5.69 Å².